The fourth-order valence-electron chi connectivity index (χ4n) is 3.04. The van der Waals surface area contributed by atoms with Gasteiger partial charge in [0.2, 0.25) is 0 Å². The zero-order valence-corrected chi connectivity index (χ0v) is 14.2. The van der Waals surface area contributed by atoms with Crippen molar-refractivity contribution in [1.82, 2.24) is 14.4 Å². The minimum atomic E-state index is 0.159. The van der Waals surface area contributed by atoms with Crippen LogP contribution in [0.25, 0.3) is 0 Å². The Morgan fingerprint density at radius 2 is 2.10 bits per heavy atom. The summed E-state index contributed by atoms with van der Waals surface area (Å²) in [5.41, 5.74) is 0.791. The van der Waals surface area contributed by atoms with E-state index in [0.717, 1.165) is 49.3 Å². The number of carbonyl (C=O) groups is 1. The second kappa shape index (κ2) is 6.76. The molecule has 1 saturated heterocycles. The molecular formula is C15H24BrN3O. The minimum absolute atomic E-state index is 0.159. The Morgan fingerprint density at radius 1 is 1.40 bits per heavy atom. The molecule has 1 aliphatic heterocycles. The summed E-state index contributed by atoms with van der Waals surface area (Å²) < 4.78 is 2.99. The van der Waals surface area contributed by atoms with Crippen LogP contribution in [0.3, 0.4) is 0 Å². The van der Waals surface area contributed by atoms with Crippen LogP contribution >= 0.6 is 15.9 Å². The van der Waals surface area contributed by atoms with E-state index in [1.165, 1.54) is 0 Å². The molecule has 0 N–H and O–H groups in total. The topological polar surface area (TPSA) is 28.5 Å². The van der Waals surface area contributed by atoms with E-state index in [9.17, 15) is 4.79 Å². The third-order valence-electron chi connectivity index (χ3n) is 4.20. The standard InChI is InChI=1S/C15H24BrN3O/c1-4-17(5-2)13-7-8-19(11-13)15(20)14-9-12(16)10-18(14)6-3/h9-10,13H,4-8,11H2,1-3H3. The van der Waals surface area contributed by atoms with Crippen molar-refractivity contribution in [3.63, 3.8) is 0 Å². The van der Waals surface area contributed by atoms with E-state index < -0.39 is 0 Å². The molecule has 0 bridgehead atoms. The maximum Gasteiger partial charge on any atom is 0.270 e. The van der Waals surface area contributed by atoms with E-state index in [1.54, 1.807) is 0 Å². The lowest BCUT2D eigenvalue weighted by Gasteiger charge is -2.26. The molecule has 1 unspecified atom stereocenters. The Kier molecular flexibility index (Phi) is 5.27. The van der Waals surface area contributed by atoms with E-state index in [1.807, 2.05) is 21.7 Å². The Hall–Kier alpha value is -0.810. The van der Waals surface area contributed by atoms with Crippen LogP contribution in [0, 0.1) is 0 Å². The van der Waals surface area contributed by atoms with E-state index in [4.69, 9.17) is 0 Å². The molecule has 0 aromatic carbocycles. The van der Waals surface area contributed by atoms with Crippen molar-refractivity contribution in [2.45, 2.75) is 39.8 Å². The second-order valence-corrected chi connectivity index (χ2v) is 6.16. The summed E-state index contributed by atoms with van der Waals surface area (Å²) in [5.74, 6) is 0.159. The van der Waals surface area contributed by atoms with Crippen LogP contribution in [-0.4, -0.2) is 52.5 Å². The van der Waals surface area contributed by atoms with Gasteiger partial charge in [-0.25, -0.2) is 0 Å². The molecule has 112 valence electrons. The molecule has 1 amide bonds. The number of rotatable bonds is 5. The second-order valence-electron chi connectivity index (χ2n) is 5.24. The maximum absolute atomic E-state index is 12.7. The van der Waals surface area contributed by atoms with Gasteiger partial charge in [-0.2, -0.15) is 0 Å². The molecule has 0 aliphatic carbocycles. The number of carbonyl (C=O) groups excluding carboxylic acids is 1. The number of hydrogen-bond acceptors (Lipinski definition) is 2. The van der Waals surface area contributed by atoms with Gasteiger partial charge in [-0.1, -0.05) is 13.8 Å². The summed E-state index contributed by atoms with van der Waals surface area (Å²) in [6.45, 7) is 11.1. The van der Waals surface area contributed by atoms with Crippen LogP contribution in [0.1, 0.15) is 37.7 Å². The molecule has 1 atom stereocenters. The van der Waals surface area contributed by atoms with Gasteiger partial charge in [0.1, 0.15) is 5.69 Å². The van der Waals surface area contributed by atoms with Crippen molar-refractivity contribution in [1.29, 1.82) is 0 Å². The molecule has 2 rings (SSSR count). The van der Waals surface area contributed by atoms with E-state index in [0.29, 0.717) is 6.04 Å². The van der Waals surface area contributed by atoms with Crippen LogP contribution in [0.15, 0.2) is 16.7 Å². The summed E-state index contributed by atoms with van der Waals surface area (Å²) in [7, 11) is 0. The number of halogens is 1. The molecule has 0 spiro atoms. The minimum Gasteiger partial charge on any atom is -0.343 e. The van der Waals surface area contributed by atoms with Gasteiger partial charge in [0.05, 0.1) is 0 Å². The first-order valence-electron chi connectivity index (χ1n) is 7.49. The molecule has 1 aromatic rings. The normalized spacial score (nSPS) is 19.1. The van der Waals surface area contributed by atoms with Crippen molar-refractivity contribution in [3.05, 3.63) is 22.4 Å². The zero-order chi connectivity index (χ0) is 14.7. The van der Waals surface area contributed by atoms with Crippen molar-refractivity contribution in [2.75, 3.05) is 26.2 Å². The Bertz CT molecular complexity index is 468. The van der Waals surface area contributed by atoms with Gasteiger partial charge < -0.3 is 9.47 Å². The molecule has 0 saturated carbocycles. The fraction of sp³-hybridized carbons (Fsp3) is 0.667. The third kappa shape index (κ3) is 3.09. The number of aromatic nitrogens is 1. The average molecular weight is 342 g/mol. The van der Waals surface area contributed by atoms with E-state index in [2.05, 4.69) is 41.6 Å². The van der Waals surface area contributed by atoms with Crippen LogP contribution < -0.4 is 0 Å². The zero-order valence-electron chi connectivity index (χ0n) is 12.6. The van der Waals surface area contributed by atoms with E-state index >= 15 is 0 Å². The number of aryl methyl sites for hydroxylation is 1. The first kappa shape index (κ1) is 15.6. The lowest BCUT2D eigenvalue weighted by molar-refractivity contribution is 0.0767. The lowest BCUT2D eigenvalue weighted by Crippen LogP contribution is -2.39. The summed E-state index contributed by atoms with van der Waals surface area (Å²) in [5, 5.41) is 0. The lowest BCUT2D eigenvalue weighted by atomic mass is 10.2. The van der Waals surface area contributed by atoms with Crippen molar-refractivity contribution >= 4 is 21.8 Å². The Labute approximate surface area is 129 Å². The molecule has 5 heteroatoms. The highest BCUT2D eigenvalue weighted by molar-refractivity contribution is 9.10. The van der Waals surface area contributed by atoms with Crippen LogP contribution in [-0.2, 0) is 6.54 Å². The Balaban J connectivity index is 2.07. The molecule has 1 aromatic heterocycles. The van der Waals surface area contributed by atoms with E-state index in [-0.39, 0.29) is 5.91 Å². The fourth-order valence-corrected chi connectivity index (χ4v) is 3.51. The largest absolute Gasteiger partial charge is 0.343 e. The molecule has 20 heavy (non-hydrogen) atoms. The van der Waals surface area contributed by atoms with Gasteiger partial charge >= 0.3 is 0 Å². The van der Waals surface area contributed by atoms with Crippen LogP contribution in [0.4, 0.5) is 0 Å². The maximum atomic E-state index is 12.7. The molecule has 0 radical (unpaired) electrons. The predicted octanol–water partition coefficient (Wildman–Crippen LogP) is 2.83. The van der Waals surface area contributed by atoms with Crippen LogP contribution in [0.2, 0.25) is 0 Å². The summed E-state index contributed by atoms with van der Waals surface area (Å²) in [4.78, 5) is 17.1. The van der Waals surface area contributed by atoms with Gasteiger partial charge in [-0.15, -0.1) is 0 Å². The van der Waals surface area contributed by atoms with Crippen molar-refractivity contribution in [3.8, 4) is 0 Å². The average Bonchev–Trinajstić information content (AvgIpc) is 3.06. The summed E-state index contributed by atoms with van der Waals surface area (Å²) in [6.07, 6.45) is 3.06. The van der Waals surface area contributed by atoms with Gasteiger partial charge in [-0.3, -0.25) is 9.69 Å². The highest BCUT2D eigenvalue weighted by Crippen LogP contribution is 2.21. The summed E-state index contributed by atoms with van der Waals surface area (Å²) >= 11 is 3.46. The number of hydrogen-bond donors (Lipinski definition) is 0. The molecule has 4 nitrogen and oxygen atoms in total. The van der Waals surface area contributed by atoms with Gasteiger partial charge in [-0.05, 0) is 48.4 Å². The Morgan fingerprint density at radius 3 is 2.70 bits per heavy atom. The van der Waals surface area contributed by atoms with Gasteiger partial charge in [0.15, 0.2) is 0 Å². The number of likely N-dealkylation sites (tertiary alicyclic amines) is 1. The summed E-state index contributed by atoms with van der Waals surface area (Å²) in [6, 6.07) is 2.44. The quantitative estimate of drug-likeness (QED) is 0.823. The molecule has 1 aliphatic rings. The highest BCUT2D eigenvalue weighted by atomic mass is 79.9. The smallest absolute Gasteiger partial charge is 0.270 e. The highest BCUT2D eigenvalue weighted by Gasteiger charge is 2.30. The number of amides is 1. The monoisotopic (exact) mass is 341 g/mol. The van der Waals surface area contributed by atoms with Crippen LogP contribution in [0.5, 0.6) is 0 Å². The molecular weight excluding hydrogens is 318 g/mol. The number of likely N-dealkylation sites (N-methyl/N-ethyl adjacent to an activating group) is 1. The number of nitrogens with zero attached hydrogens (tertiary/aromatic N) is 3. The third-order valence-corrected chi connectivity index (χ3v) is 4.64. The first-order chi connectivity index (χ1) is 9.60. The SMILES string of the molecule is CCN(CC)C1CCN(C(=O)c2cc(Br)cn2CC)C1. The van der Waals surface area contributed by atoms with Gasteiger partial charge in [0, 0.05) is 36.3 Å². The van der Waals surface area contributed by atoms with Gasteiger partial charge in [0.25, 0.3) is 5.91 Å². The molecule has 1 fully saturated rings. The first-order valence-corrected chi connectivity index (χ1v) is 8.28. The van der Waals surface area contributed by atoms with Crippen molar-refractivity contribution < 1.29 is 4.79 Å². The predicted molar refractivity (Wildman–Crippen MR) is 85.0 cm³/mol. The van der Waals surface area contributed by atoms with Crippen molar-refractivity contribution in [2.24, 2.45) is 0 Å². The molecule has 2 heterocycles.